The maximum absolute atomic E-state index is 11.7. The number of amides is 1. The zero-order valence-corrected chi connectivity index (χ0v) is 15.3. The van der Waals surface area contributed by atoms with Gasteiger partial charge in [0.25, 0.3) is 0 Å². The number of hydrogen-bond donors (Lipinski definition) is 2. The first kappa shape index (κ1) is 18.2. The second-order valence-electron chi connectivity index (χ2n) is 6.62. The van der Waals surface area contributed by atoms with Gasteiger partial charge in [0, 0.05) is 23.8 Å². The van der Waals surface area contributed by atoms with E-state index in [1.54, 1.807) is 0 Å². The summed E-state index contributed by atoms with van der Waals surface area (Å²) in [6, 6.07) is 8.69. The highest BCUT2D eigenvalue weighted by molar-refractivity contribution is 5.78. The maximum Gasteiger partial charge on any atom is 0.234 e. The Labute approximate surface area is 144 Å². The summed E-state index contributed by atoms with van der Waals surface area (Å²) in [5, 5.41) is 10.7. The number of nitrogens with zero attached hydrogens (tertiary/aromatic N) is 2. The first-order valence-electron chi connectivity index (χ1n) is 8.45. The lowest BCUT2D eigenvalue weighted by Crippen LogP contribution is -2.37. The fraction of sp³-hybridized carbons (Fsp3) is 0.474. The summed E-state index contributed by atoms with van der Waals surface area (Å²) in [6.07, 6.45) is 0. The summed E-state index contributed by atoms with van der Waals surface area (Å²) in [5.74, 6) is 0.0207. The highest BCUT2D eigenvalue weighted by Gasteiger charge is 2.12. The van der Waals surface area contributed by atoms with Crippen LogP contribution in [0.5, 0.6) is 0 Å². The van der Waals surface area contributed by atoms with Gasteiger partial charge in [0.2, 0.25) is 5.91 Å². The molecule has 0 unspecified atom stereocenters. The van der Waals surface area contributed by atoms with Crippen LogP contribution in [0.3, 0.4) is 0 Å². The minimum atomic E-state index is 0.0207. The molecule has 1 amide bonds. The summed E-state index contributed by atoms with van der Waals surface area (Å²) < 4.78 is 2.03. The van der Waals surface area contributed by atoms with E-state index in [0.717, 1.165) is 17.9 Å². The molecule has 1 aromatic carbocycles. The summed E-state index contributed by atoms with van der Waals surface area (Å²) >= 11 is 0. The fourth-order valence-corrected chi connectivity index (χ4v) is 2.68. The van der Waals surface area contributed by atoms with E-state index in [1.165, 1.54) is 16.7 Å². The van der Waals surface area contributed by atoms with Gasteiger partial charge in [-0.1, -0.05) is 29.8 Å². The van der Waals surface area contributed by atoms with E-state index in [0.29, 0.717) is 13.1 Å². The number of aromatic nitrogens is 2. The highest BCUT2D eigenvalue weighted by Crippen LogP contribution is 2.15. The zero-order chi connectivity index (χ0) is 17.7. The third-order valence-electron chi connectivity index (χ3n) is 4.02. The van der Waals surface area contributed by atoms with Crippen LogP contribution in [0.2, 0.25) is 0 Å². The van der Waals surface area contributed by atoms with Crippen molar-refractivity contribution < 1.29 is 4.79 Å². The van der Waals surface area contributed by atoms with E-state index in [1.807, 2.05) is 25.5 Å². The van der Waals surface area contributed by atoms with Crippen LogP contribution < -0.4 is 10.6 Å². The molecule has 5 heteroatoms. The third kappa shape index (κ3) is 4.93. The monoisotopic (exact) mass is 328 g/mol. The van der Waals surface area contributed by atoms with Gasteiger partial charge in [-0.25, -0.2) is 0 Å². The van der Waals surface area contributed by atoms with E-state index in [-0.39, 0.29) is 11.9 Å². The topological polar surface area (TPSA) is 59.0 Å². The number of rotatable bonds is 7. The number of benzene rings is 1. The molecule has 0 bridgehead atoms. The molecule has 0 aliphatic rings. The van der Waals surface area contributed by atoms with Crippen molar-refractivity contribution >= 4 is 5.91 Å². The van der Waals surface area contributed by atoms with Crippen molar-refractivity contribution in [2.24, 2.45) is 0 Å². The van der Waals surface area contributed by atoms with Crippen LogP contribution in [0.25, 0.3) is 0 Å². The van der Waals surface area contributed by atoms with Crippen LogP contribution in [-0.2, 0) is 17.9 Å². The molecule has 24 heavy (non-hydrogen) atoms. The van der Waals surface area contributed by atoms with Gasteiger partial charge in [0.1, 0.15) is 0 Å². The quantitative estimate of drug-likeness (QED) is 0.821. The number of carbonyl (C=O) groups excluding carboxylic acids is 1. The van der Waals surface area contributed by atoms with Gasteiger partial charge in [-0.3, -0.25) is 9.48 Å². The summed E-state index contributed by atoms with van der Waals surface area (Å²) in [6.45, 7) is 11.8. The van der Waals surface area contributed by atoms with Crippen molar-refractivity contribution in [2.45, 2.75) is 53.8 Å². The maximum atomic E-state index is 11.7. The minimum Gasteiger partial charge on any atom is -0.353 e. The van der Waals surface area contributed by atoms with Gasteiger partial charge < -0.3 is 10.6 Å². The molecule has 0 spiro atoms. The Morgan fingerprint density at radius 1 is 1.17 bits per heavy atom. The Bertz CT molecular complexity index is 686. The first-order chi connectivity index (χ1) is 11.4. The molecule has 0 radical (unpaired) electrons. The normalized spacial score (nSPS) is 11.1. The molecule has 0 saturated carbocycles. The van der Waals surface area contributed by atoms with Crippen LogP contribution in [0.1, 0.15) is 41.9 Å². The number of nitrogens with one attached hydrogen (secondary N) is 2. The van der Waals surface area contributed by atoms with Crippen molar-refractivity contribution in [1.29, 1.82) is 0 Å². The van der Waals surface area contributed by atoms with E-state index in [9.17, 15) is 4.79 Å². The van der Waals surface area contributed by atoms with Gasteiger partial charge in [0.15, 0.2) is 0 Å². The molecule has 130 valence electrons. The van der Waals surface area contributed by atoms with Crippen molar-refractivity contribution in [3.63, 3.8) is 0 Å². The third-order valence-corrected chi connectivity index (χ3v) is 4.02. The molecular weight excluding hydrogens is 300 g/mol. The molecule has 1 heterocycles. The van der Waals surface area contributed by atoms with Crippen molar-refractivity contribution in [1.82, 2.24) is 20.4 Å². The lowest BCUT2D eigenvalue weighted by atomic mass is 10.1. The molecule has 0 aliphatic heterocycles. The summed E-state index contributed by atoms with van der Waals surface area (Å²) in [7, 11) is 0. The Hall–Kier alpha value is -2.14. The molecule has 0 saturated heterocycles. The van der Waals surface area contributed by atoms with Gasteiger partial charge in [-0.15, -0.1) is 0 Å². The van der Waals surface area contributed by atoms with Gasteiger partial charge in [-0.2, -0.15) is 5.10 Å². The molecule has 2 N–H and O–H groups in total. The average Bonchev–Trinajstić information content (AvgIpc) is 2.76. The molecule has 0 aliphatic carbocycles. The predicted molar refractivity (Wildman–Crippen MR) is 97.0 cm³/mol. The average molecular weight is 328 g/mol. The fourth-order valence-electron chi connectivity index (χ4n) is 2.68. The van der Waals surface area contributed by atoms with E-state index >= 15 is 0 Å². The molecule has 2 rings (SSSR count). The van der Waals surface area contributed by atoms with Crippen molar-refractivity contribution in [3.8, 4) is 0 Å². The Morgan fingerprint density at radius 2 is 1.83 bits per heavy atom. The summed E-state index contributed by atoms with van der Waals surface area (Å²) in [4.78, 5) is 11.7. The Morgan fingerprint density at radius 3 is 2.46 bits per heavy atom. The van der Waals surface area contributed by atoms with Crippen molar-refractivity contribution in [2.75, 3.05) is 6.54 Å². The van der Waals surface area contributed by atoms with Gasteiger partial charge in [-0.05, 0) is 40.2 Å². The standard InChI is InChI=1S/C19H28N4O/c1-13(2)21-19(24)11-20-10-18-15(4)22-23(16(18)5)12-17-8-6-14(3)7-9-17/h6-9,13,20H,10-12H2,1-5H3,(H,21,24). The molecule has 2 aromatic rings. The van der Waals surface area contributed by atoms with Crippen molar-refractivity contribution in [3.05, 3.63) is 52.3 Å². The zero-order valence-electron chi connectivity index (χ0n) is 15.3. The summed E-state index contributed by atoms with van der Waals surface area (Å²) in [5.41, 5.74) is 5.82. The lowest BCUT2D eigenvalue weighted by molar-refractivity contribution is -0.120. The van der Waals surface area contributed by atoms with E-state index in [2.05, 4.69) is 53.8 Å². The molecule has 0 atom stereocenters. The van der Waals surface area contributed by atoms with E-state index in [4.69, 9.17) is 0 Å². The SMILES string of the molecule is Cc1ccc(Cn2nc(C)c(CNCC(=O)NC(C)C)c2C)cc1. The molecule has 1 aromatic heterocycles. The van der Waals surface area contributed by atoms with Crippen LogP contribution in [0.15, 0.2) is 24.3 Å². The Balaban J connectivity index is 1.98. The van der Waals surface area contributed by atoms with Crippen LogP contribution >= 0.6 is 0 Å². The first-order valence-corrected chi connectivity index (χ1v) is 8.45. The molecule has 0 fully saturated rings. The van der Waals surface area contributed by atoms with Crippen LogP contribution in [0.4, 0.5) is 0 Å². The smallest absolute Gasteiger partial charge is 0.234 e. The Kier molecular flexibility index (Phi) is 6.15. The number of hydrogen-bond acceptors (Lipinski definition) is 3. The van der Waals surface area contributed by atoms with Gasteiger partial charge in [0.05, 0.1) is 18.8 Å². The molecular formula is C19H28N4O. The second-order valence-corrected chi connectivity index (χ2v) is 6.62. The lowest BCUT2D eigenvalue weighted by Gasteiger charge is -2.10. The van der Waals surface area contributed by atoms with Crippen LogP contribution in [-0.4, -0.2) is 28.3 Å². The minimum absolute atomic E-state index is 0.0207. The number of aryl methyl sites for hydroxylation is 2. The van der Waals surface area contributed by atoms with Gasteiger partial charge >= 0.3 is 0 Å². The highest BCUT2D eigenvalue weighted by atomic mass is 16.1. The molecule has 5 nitrogen and oxygen atoms in total. The van der Waals surface area contributed by atoms with Crippen LogP contribution in [0, 0.1) is 20.8 Å². The largest absolute Gasteiger partial charge is 0.353 e. The van der Waals surface area contributed by atoms with E-state index < -0.39 is 0 Å². The second kappa shape index (κ2) is 8.11. The predicted octanol–water partition coefficient (Wildman–Crippen LogP) is 2.47. The number of carbonyl (C=O) groups is 1.